The lowest BCUT2D eigenvalue weighted by atomic mass is 10.1. The van der Waals surface area contributed by atoms with Crippen LogP contribution in [0.5, 0.6) is 17.2 Å². The van der Waals surface area contributed by atoms with Crippen LogP contribution < -0.4 is 14.2 Å². The summed E-state index contributed by atoms with van der Waals surface area (Å²) in [5, 5.41) is 12.2. The Hall–Kier alpha value is -3.30. The van der Waals surface area contributed by atoms with Crippen molar-refractivity contribution < 1.29 is 14.2 Å². The van der Waals surface area contributed by atoms with Crippen LogP contribution >= 0.6 is 11.3 Å². The first kappa shape index (κ1) is 19.5. The van der Waals surface area contributed by atoms with E-state index in [1.165, 1.54) is 11.3 Å². The number of hydrogen-bond donors (Lipinski definition) is 0. The van der Waals surface area contributed by atoms with Crippen LogP contribution in [0.25, 0.3) is 22.9 Å². The number of methoxy groups -OCH3 is 2. The minimum atomic E-state index is 0.477. The van der Waals surface area contributed by atoms with Crippen LogP contribution in [0.2, 0.25) is 0 Å². The number of ether oxygens (including phenoxy) is 3. The molecule has 0 saturated heterocycles. The molecule has 0 bridgehead atoms. The SMILES string of the molecule is CCOc1ccc(-c2csc(/C(C#N)=C\c3ccc(OC)cc3OC)n2)cc1. The molecule has 0 aliphatic carbocycles. The molecule has 1 aromatic heterocycles. The molecule has 0 spiro atoms. The molecule has 0 amide bonds. The van der Waals surface area contributed by atoms with Gasteiger partial charge in [0.25, 0.3) is 0 Å². The summed E-state index contributed by atoms with van der Waals surface area (Å²) in [4.78, 5) is 4.63. The van der Waals surface area contributed by atoms with Crippen LogP contribution in [0, 0.1) is 11.3 Å². The van der Waals surface area contributed by atoms with Gasteiger partial charge in [0, 0.05) is 22.6 Å². The van der Waals surface area contributed by atoms with Crippen molar-refractivity contribution in [1.82, 2.24) is 4.98 Å². The molecule has 142 valence electrons. The van der Waals surface area contributed by atoms with Crippen LogP contribution in [0.3, 0.4) is 0 Å². The first-order valence-corrected chi connectivity index (χ1v) is 9.59. The van der Waals surface area contributed by atoms with Crippen molar-refractivity contribution in [3.05, 3.63) is 58.4 Å². The number of nitrogens with zero attached hydrogens (tertiary/aromatic N) is 2. The molecular formula is C22H20N2O3S. The monoisotopic (exact) mass is 392 g/mol. The fourth-order valence-corrected chi connectivity index (χ4v) is 3.45. The van der Waals surface area contributed by atoms with Gasteiger partial charge in [-0.05, 0) is 49.4 Å². The minimum Gasteiger partial charge on any atom is -0.497 e. The summed E-state index contributed by atoms with van der Waals surface area (Å²) in [6.07, 6.45) is 1.78. The van der Waals surface area contributed by atoms with Crippen molar-refractivity contribution >= 4 is 23.0 Å². The molecule has 0 unspecified atom stereocenters. The number of benzene rings is 2. The van der Waals surface area contributed by atoms with Gasteiger partial charge in [-0.3, -0.25) is 0 Å². The van der Waals surface area contributed by atoms with Gasteiger partial charge in [0.15, 0.2) is 0 Å². The molecule has 0 fully saturated rings. The fraction of sp³-hybridized carbons (Fsp3) is 0.182. The van der Waals surface area contributed by atoms with Crippen molar-refractivity contribution in [3.8, 4) is 34.6 Å². The Balaban J connectivity index is 1.90. The van der Waals surface area contributed by atoms with Crippen LogP contribution in [0.15, 0.2) is 47.8 Å². The molecule has 0 N–H and O–H groups in total. The molecule has 6 heteroatoms. The minimum absolute atomic E-state index is 0.477. The van der Waals surface area contributed by atoms with Crippen molar-refractivity contribution in [2.45, 2.75) is 6.92 Å². The molecule has 0 atom stereocenters. The normalized spacial score (nSPS) is 11.0. The maximum Gasteiger partial charge on any atom is 0.134 e. The lowest BCUT2D eigenvalue weighted by Gasteiger charge is -2.07. The molecule has 5 nitrogen and oxygen atoms in total. The van der Waals surface area contributed by atoms with Gasteiger partial charge in [0.05, 0.1) is 32.1 Å². The maximum atomic E-state index is 9.65. The van der Waals surface area contributed by atoms with Crippen LogP contribution in [-0.2, 0) is 0 Å². The zero-order chi connectivity index (χ0) is 19.9. The number of aromatic nitrogens is 1. The van der Waals surface area contributed by atoms with Crippen molar-refractivity contribution in [2.75, 3.05) is 20.8 Å². The Morgan fingerprint density at radius 1 is 1.11 bits per heavy atom. The highest BCUT2D eigenvalue weighted by Gasteiger charge is 2.11. The van der Waals surface area contributed by atoms with E-state index in [1.54, 1.807) is 26.4 Å². The quantitative estimate of drug-likeness (QED) is 0.511. The average Bonchev–Trinajstić information content (AvgIpc) is 3.22. The standard InChI is InChI=1S/C22H20N2O3S/c1-4-27-18-8-5-15(6-9-18)20-14-28-22(24-20)17(13-23)11-16-7-10-19(25-2)12-21(16)26-3/h5-12,14H,4H2,1-3H3/b17-11-. The largest absolute Gasteiger partial charge is 0.497 e. The highest BCUT2D eigenvalue weighted by molar-refractivity contribution is 7.11. The number of hydrogen-bond acceptors (Lipinski definition) is 6. The molecule has 0 radical (unpaired) electrons. The number of rotatable bonds is 7. The van der Waals surface area contributed by atoms with Crippen LogP contribution in [0.1, 0.15) is 17.5 Å². The predicted octanol–water partition coefficient (Wildman–Crippen LogP) is 5.29. The number of nitriles is 1. The summed E-state index contributed by atoms with van der Waals surface area (Å²) in [5.74, 6) is 2.15. The molecule has 3 rings (SSSR count). The number of allylic oxidation sites excluding steroid dienone is 1. The van der Waals surface area contributed by atoms with E-state index in [2.05, 4.69) is 11.1 Å². The van der Waals surface area contributed by atoms with Gasteiger partial charge in [-0.25, -0.2) is 4.98 Å². The summed E-state index contributed by atoms with van der Waals surface area (Å²) in [7, 11) is 3.19. The first-order chi connectivity index (χ1) is 13.7. The molecule has 2 aromatic carbocycles. The second-order valence-electron chi connectivity index (χ2n) is 5.77. The maximum absolute atomic E-state index is 9.65. The highest BCUT2D eigenvalue weighted by Crippen LogP contribution is 2.31. The third-order valence-electron chi connectivity index (χ3n) is 4.06. The van der Waals surface area contributed by atoms with E-state index in [9.17, 15) is 5.26 Å². The molecular weight excluding hydrogens is 372 g/mol. The van der Waals surface area contributed by atoms with E-state index in [-0.39, 0.29) is 0 Å². The fourth-order valence-electron chi connectivity index (χ4n) is 2.65. The third-order valence-corrected chi connectivity index (χ3v) is 4.93. The average molecular weight is 392 g/mol. The van der Waals surface area contributed by atoms with Gasteiger partial charge in [-0.15, -0.1) is 11.3 Å². The number of thiazole rings is 1. The van der Waals surface area contributed by atoms with Gasteiger partial charge in [-0.1, -0.05) is 0 Å². The Labute approximate surface area is 168 Å². The second kappa shape index (κ2) is 9.07. The van der Waals surface area contributed by atoms with Crippen molar-refractivity contribution in [1.29, 1.82) is 5.26 Å². The summed E-state index contributed by atoms with van der Waals surface area (Å²) in [6, 6.07) is 15.5. The van der Waals surface area contributed by atoms with E-state index < -0.39 is 0 Å². The zero-order valence-corrected chi connectivity index (χ0v) is 16.7. The van der Waals surface area contributed by atoms with Crippen LogP contribution in [0.4, 0.5) is 0 Å². The summed E-state index contributed by atoms with van der Waals surface area (Å²) in [6.45, 7) is 2.58. The van der Waals surface area contributed by atoms with E-state index in [0.29, 0.717) is 28.7 Å². The summed E-state index contributed by atoms with van der Waals surface area (Å²) >= 11 is 1.43. The summed E-state index contributed by atoms with van der Waals surface area (Å²) < 4.78 is 16.1. The molecule has 3 aromatic rings. The molecule has 0 aliphatic heterocycles. The van der Waals surface area contributed by atoms with Crippen molar-refractivity contribution in [3.63, 3.8) is 0 Å². The Kier molecular flexibility index (Phi) is 6.30. The van der Waals surface area contributed by atoms with E-state index in [1.807, 2.05) is 48.7 Å². The molecule has 28 heavy (non-hydrogen) atoms. The van der Waals surface area contributed by atoms with Gasteiger partial charge >= 0.3 is 0 Å². The second-order valence-corrected chi connectivity index (χ2v) is 6.63. The van der Waals surface area contributed by atoms with Gasteiger partial charge in [0.1, 0.15) is 28.3 Å². The van der Waals surface area contributed by atoms with Gasteiger partial charge in [-0.2, -0.15) is 5.26 Å². The first-order valence-electron chi connectivity index (χ1n) is 8.71. The highest BCUT2D eigenvalue weighted by atomic mass is 32.1. The lowest BCUT2D eigenvalue weighted by molar-refractivity contribution is 0.340. The molecule has 0 aliphatic rings. The topological polar surface area (TPSA) is 64.4 Å². The zero-order valence-electron chi connectivity index (χ0n) is 15.9. The Bertz CT molecular complexity index is 1020. The third kappa shape index (κ3) is 4.33. The van der Waals surface area contributed by atoms with Crippen LogP contribution in [-0.4, -0.2) is 25.8 Å². The van der Waals surface area contributed by atoms with Gasteiger partial charge < -0.3 is 14.2 Å². The van der Waals surface area contributed by atoms with Crippen molar-refractivity contribution in [2.24, 2.45) is 0 Å². The Morgan fingerprint density at radius 2 is 1.86 bits per heavy atom. The van der Waals surface area contributed by atoms with Gasteiger partial charge in [0.2, 0.25) is 0 Å². The Morgan fingerprint density at radius 3 is 2.50 bits per heavy atom. The smallest absolute Gasteiger partial charge is 0.134 e. The summed E-state index contributed by atoms with van der Waals surface area (Å²) in [5.41, 5.74) is 3.07. The van der Waals surface area contributed by atoms with E-state index >= 15 is 0 Å². The van der Waals surface area contributed by atoms with E-state index in [4.69, 9.17) is 14.2 Å². The molecule has 0 saturated carbocycles. The predicted molar refractivity (Wildman–Crippen MR) is 112 cm³/mol. The van der Waals surface area contributed by atoms with E-state index in [0.717, 1.165) is 22.6 Å². The molecule has 1 heterocycles. The lowest BCUT2D eigenvalue weighted by Crippen LogP contribution is -1.91.